The first-order valence-corrected chi connectivity index (χ1v) is 5.94. The number of carboxylic acid groups (broad SMARTS) is 1. The molecule has 0 saturated carbocycles. The molecule has 0 aliphatic carbocycles. The second-order valence-corrected chi connectivity index (χ2v) is 4.36. The Morgan fingerprint density at radius 3 is 2.25 bits per heavy atom. The molecule has 0 aliphatic rings. The minimum atomic E-state index is -1.11. The summed E-state index contributed by atoms with van der Waals surface area (Å²) in [5, 5.41) is 13.4. The smallest absolute Gasteiger partial charge is 0.322 e. The van der Waals surface area contributed by atoms with E-state index < -0.39 is 18.4 Å². The van der Waals surface area contributed by atoms with Crippen molar-refractivity contribution in [1.82, 2.24) is 5.32 Å². The van der Waals surface area contributed by atoms with Crippen molar-refractivity contribution in [3.8, 4) is 0 Å². The van der Waals surface area contributed by atoms with Gasteiger partial charge < -0.3 is 15.7 Å². The summed E-state index contributed by atoms with van der Waals surface area (Å²) in [6.07, 6.45) is 1.47. The molecule has 3 N–H and O–H groups in total. The second kappa shape index (κ2) is 7.08. The average molecular weight is 276 g/mol. The van der Waals surface area contributed by atoms with E-state index in [1.165, 1.54) is 18.2 Å². The van der Waals surface area contributed by atoms with Gasteiger partial charge in [-0.05, 0) is 38.1 Å². The fourth-order valence-electron chi connectivity index (χ4n) is 1.40. The van der Waals surface area contributed by atoms with Crippen LogP contribution in [0.4, 0.5) is 5.69 Å². The summed E-state index contributed by atoms with van der Waals surface area (Å²) in [5.41, 5.74) is 1.76. The minimum Gasteiger partial charge on any atom is -0.480 e. The van der Waals surface area contributed by atoms with Gasteiger partial charge >= 0.3 is 5.97 Å². The van der Waals surface area contributed by atoms with Crippen molar-refractivity contribution in [1.29, 1.82) is 0 Å². The number of carbonyl (C=O) groups is 3. The van der Waals surface area contributed by atoms with Gasteiger partial charge in [0.05, 0.1) is 0 Å². The van der Waals surface area contributed by atoms with Gasteiger partial charge in [-0.25, -0.2) is 0 Å². The lowest BCUT2D eigenvalue weighted by Gasteiger charge is -2.05. The third kappa shape index (κ3) is 5.34. The molecular formula is C14H16N2O4. The summed E-state index contributed by atoms with van der Waals surface area (Å²) in [7, 11) is 0. The first kappa shape index (κ1) is 15.4. The zero-order valence-corrected chi connectivity index (χ0v) is 11.3. The van der Waals surface area contributed by atoms with Crippen molar-refractivity contribution in [2.24, 2.45) is 0 Å². The van der Waals surface area contributed by atoms with Gasteiger partial charge in [0.15, 0.2) is 0 Å². The Balaban J connectivity index is 2.64. The van der Waals surface area contributed by atoms with Crippen molar-refractivity contribution in [2.75, 3.05) is 11.9 Å². The summed E-state index contributed by atoms with van der Waals surface area (Å²) >= 11 is 0. The van der Waals surface area contributed by atoms with Gasteiger partial charge in [0.25, 0.3) is 5.91 Å². The van der Waals surface area contributed by atoms with Crippen LogP contribution < -0.4 is 10.6 Å². The zero-order chi connectivity index (χ0) is 15.1. The molecule has 6 nitrogen and oxygen atoms in total. The topological polar surface area (TPSA) is 95.5 Å². The second-order valence-electron chi connectivity index (χ2n) is 4.36. The standard InChI is InChI=1S/C14H16N2O4/c1-9(2)7-12(17)16-11-5-3-10(4-6-11)14(20)15-8-13(18)19/h3-7H,8H2,1-2H3,(H,15,20)(H,16,17)(H,18,19). The van der Waals surface area contributed by atoms with Crippen molar-refractivity contribution < 1.29 is 19.5 Å². The van der Waals surface area contributed by atoms with E-state index in [0.717, 1.165) is 5.57 Å². The quantitative estimate of drug-likeness (QED) is 0.708. The molecule has 1 rings (SSSR count). The van der Waals surface area contributed by atoms with E-state index in [4.69, 9.17) is 5.11 Å². The molecule has 20 heavy (non-hydrogen) atoms. The lowest BCUT2D eigenvalue weighted by Crippen LogP contribution is -2.29. The maximum Gasteiger partial charge on any atom is 0.322 e. The van der Waals surface area contributed by atoms with Gasteiger partial charge in [-0.2, -0.15) is 0 Å². The molecule has 0 aliphatic heterocycles. The number of aliphatic carboxylic acids is 1. The molecule has 0 bridgehead atoms. The minimum absolute atomic E-state index is 0.243. The number of hydrogen-bond acceptors (Lipinski definition) is 3. The van der Waals surface area contributed by atoms with Gasteiger partial charge in [0.1, 0.15) is 6.54 Å². The Morgan fingerprint density at radius 1 is 1.15 bits per heavy atom. The summed E-state index contributed by atoms with van der Waals surface area (Å²) in [5.74, 6) is -1.83. The van der Waals surface area contributed by atoms with E-state index in [9.17, 15) is 14.4 Å². The maximum atomic E-state index is 11.6. The van der Waals surface area contributed by atoms with E-state index in [-0.39, 0.29) is 5.91 Å². The fourth-order valence-corrected chi connectivity index (χ4v) is 1.40. The predicted octanol–water partition coefficient (Wildman–Crippen LogP) is 1.41. The lowest BCUT2D eigenvalue weighted by atomic mass is 10.2. The van der Waals surface area contributed by atoms with Crippen LogP contribution in [-0.4, -0.2) is 29.4 Å². The molecule has 0 heterocycles. The number of benzene rings is 1. The fraction of sp³-hybridized carbons (Fsp3) is 0.214. The number of hydrogen-bond donors (Lipinski definition) is 3. The number of amides is 2. The molecule has 0 unspecified atom stereocenters. The third-order valence-corrected chi connectivity index (χ3v) is 2.23. The van der Waals surface area contributed by atoms with Crippen LogP contribution in [0.15, 0.2) is 35.9 Å². The van der Waals surface area contributed by atoms with Gasteiger partial charge in [-0.15, -0.1) is 0 Å². The summed E-state index contributed by atoms with van der Waals surface area (Å²) in [4.78, 5) is 33.4. The summed E-state index contributed by atoms with van der Waals surface area (Å²) < 4.78 is 0. The number of carboxylic acids is 1. The van der Waals surface area contributed by atoms with Crippen LogP contribution in [0.3, 0.4) is 0 Å². The molecule has 0 atom stereocenters. The zero-order valence-electron chi connectivity index (χ0n) is 11.3. The molecule has 0 spiro atoms. The molecule has 1 aromatic carbocycles. The van der Waals surface area contributed by atoms with Crippen LogP contribution in [0, 0.1) is 0 Å². The van der Waals surface area contributed by atoms with Crippen LogP contribution in [0.25, 0.3) is 0 Å². The third-order valence-electron chi connectivity index (χ3n) is 2.23. The predicted molar refractivity (Wildman–Crippen MR) is 74.5 cm³/mol. The van der Waals surface area contributed by atoms with Crippen LogP contribution in [0.5, 0.6) is 0 Å². The maximum absolute atomic E-state index is 11.6. The van der Waals surface area contributed by atoms with Crippen LogP contribution >= 0.6 is 0 Å². The van der Waals surface area contributed by atoms with Crippen molar-refractivity contribution in [3.05, 3.63) is 41.5 Å². The van der Waals surface area contributed by atoms with Crippen molar-refractivity contribution >= 4 is 23.5 Å². The highest BCUT2D eigenvalue weighted by Crippen LogP contribution is 2.09. The molecule has 106 valence electrons. The van der Waals surface area contributed by atoms with Gasteiger partial charge in [-0.3, -0.25) is 14.4 Å². The number of allylic oxidation sites excluding steroid dienone is 1. The highest BCUT2D eigenvalue weighted by Gasteiger charge is 2.07. The van der Waals surface area contributed by atoms with E-state index in [1.807, 2.05) is 13.8 Å². The summed E-state index contributed by atoms with van der Waals surface area (Å²) in [6, 6.07) is 6.17. The number of carbonyl (C=O) groups excluding carboxylic acids is 2. The van der Waals surface area contributed by atoms with E-state index in [0.29, 0.717) is 11.3 Å². The molecule has 0 aromatic heterocycles. The molecule has 0 fully saturated rings. The molecule has 1 aromatic rings. The van der Waals surface area contributed by atoms with Gasteiger partial charge in [-0.1, -0.05) is 5.57 Å². The first-order chi connectivity index (χ1) is 9.38. The monoisotopic (exact) mass is 276 g/mol. The lowest BCUT2D eigenvalue weighted by molar-refractivity contribution is -0.135. The van der Waals surface area contributed by atoms with Crippen LogP contribution in [0.1, 0.15) is 24.2 Å². The molecule has 0 saturated heterocycles. The molecule has 2 amide bonds. The largest absolute Gasteiger partial charge is 0.480 e. The van der Waals surface area contributed by atoms with Crippen molar-refractivity contribution in [3.63, 3.8) is 0 Å². The van der Waals surface area contributed by atoms with Gasteiger partial charge in [0.2, 0.25) is 5.91 Å². The highest BCUT2D eigenvalue weighted by atomic mass is 16.4. The summed E-state index contributed by atoms with van der Waals surface area (Å²) in [6.45, 7) is 3.20. The Kier molecular flexibility index (Phi) is 5.46. The Hall–Kier alpha value is -2.63. The SMILES string of the molecule is CC(C)=CC(=O)Nc1ccc(C(=O)NCC(=O)O)cc1. The first-order valence-electron chi connectivity index (χ1n) is 5.94. The van der Waals surface area contributed by atoms with Crippen molar-refractivity contribution in [2.45, 2.75) is 13.8 Å². The molecule has 0 radical (unpaired) electrons. The molecule has 6 heteroatoms. The van der Waals surface area contributed by atoms with Gasteiger partial charge in [0, 0.05) is 17.3 Å². The van der Waals surface area contributed by atoms with E-state index in [1.54, 1.807) is 12.1 Å². The highest BCUT2D eigenvalue weighted by molar-refractivity contribution is 6.00. The average Bonchev–Trinajstić information content (AvgIpc) is 2.35. The van der Waals surface area contributed by atoms with Crippen LogP contribution in [-0.2, 0) is 9.59 Å². The molecular weight excluding hydrogens is 260 g/mol. The van der Waals surface area contributed by atoms with E-state index in [2.05, 4.69) is 10.6 Å². The van der Waals surface area contributed by atoms with E-state index >= 15 is 0 Å². The van der Waals surface area contributed by atoms with Crippen LogP contribution in [0.2, 0.25) is 0 Å². The normalized spacial score (nSPS) is 9.50. The Labute approximate surface area is 116 Å². The Bertz CT molecular complexity index is 543. The Morgan fingerprint density at radius 2 is 1.75 bits per heavy atom. The number of nitrogens with one attached hydrogen (secondary N) is 2. The number of rotatable bonds is 5. The number of anilines is 1.